The molecule has 2 N–H and O–H groups in total. The molecule has 1 aromatic carbocycles. The molecule has 0 bridgehead atoms. The number of hydrogen-bond acceptors (Lipinski definition) is 3. The summed E-state index contributed by atoms with van der Waals surface area (Å²) in [5.41, 5.74) is 3.04. The summed E-state index contributed by atoms with van der Waals surface area (Å²) in [5, 5.41) is 12.8. The second kappa shape index (κ2) is 4.87. The Balaban J connectivity index is 2.17. The highest BCUT2D eigenvalue weighted by Crippen LogP contribution is 2.23. The second-order valence-electron chi connectivity index (χ2n) is 4.10. The van der Waals surface area contributed by atoms with E-state index in [9.17, 15) is 5.11 Å². The van der Waals surface area contributed by atoms with Crippen molar-refractivity contribution in [3.63, 3.8) is 0 Å². The Morgan fingerprint density at radius 2 is 2.06 bits per heavy atom. The van der Waals surface area contributed by atoms with E-state index in [0.717, 1.165) is 16.9 Å². The first-order chi connectivity index (χ1) is 8.16. The quantitative estimate of drug-likeness (QED) is 0.847. The maximum atomic E-state index is 9.44. The molecule has 2 aromatic rings. The summed E-state index contributed by atoms with van der Waals surface area (Å²) in [7, 11) is 0. The van der Waals surface area contributed by atoms with Gasteiger partial charge in [0.2, 0.25) is 0 Å². The van der Waals surface area contributed by atoms with Crippen LogP contribution in [0.3, 0.4) is 0 Å². The molecule has 0 saturated heterocycles. The number of benzene rings is 1. The van der Waals surface area contributed by atoms with Crippen LogP contribution in [-0.2, 0) is 0 Å². The topological polar surface area (TPSA) is 45.2 Å². The largest absolute Gasteiger partial charge is 0.508 e. The highest BCUT2D eigenvalue weighted by atomic mass is 16.3. The number of aromatic hydroxyl groups is 1. The lowest BCUT2D eigenvalue weighted by atomic mass is 10.1. The molecule has 3 nitrogen and oxygen atoms in total. The zero-order chi connectivity index (χ0) is 12.3. The number of phenols is 1. The maximum Gasteiger partial charge on any atom is 0.115 e. The van der Waals surface area contributed by atoms with E-state index in [2.05, 4.69) is 17.2 Å². The van der Waals surface area contributed by atoms with Crippen LogP contribution < -0.4 is 5.32 Å². The number of nitrogens with one attached hydrogen (secondary N) is 1. The smallest absolute Gasteiger partial charge is 0.115 e. The summed E-state index contributed by atoms with van der Waals surface area (Å²) >= 11 is 0. The van der Waals surface area contributed by atoms with E-state index in [1.807, 2.05) is 31.2 Å². The van der Waals surface area contributed by atoms with Crippen LogP contribution in [0.4, 0.5) is 5.69 Å². The average molecular weight is 228 g/mol. The molecular formula is C14H16N2O. The Hall–Kier alpha value is -2.03. The van der Waals surface area contributed by atoms with Gasteiger partial charge in [-0.1, -0.05) is 12.1 Å². The molecule has 0 aliphatic heterocycles. The molecule has 1 unspecified atom stereocenters. The van der Waals surface area contributed by atoms with E-state index >= 15 is 0 Å². The lowest BCUT2D eigenvalue weighted by molar-refractivity contribution is 0.474. The minimum atomic E-state index is 0.130. The van der Waals surface area contributed by atoms with E-state index in [4.69, 9.17) is 0 Å². The number of phenolic OH excluding ortho intramolecular Hbond substituents is 1. The summed E-state index contributed by atoms with van der Waals surface area (Å²) < 4.78 is 0. The van der Waals surface area contributed by atoms with E-state index in [1.165, 1.54) is 0 Å². The number of pyridine rings is 1. The molecule has 0 fully saturated rings. The van der Waals surface area contributed by atoms with Gasteiger partial charge < -0.3 is 10.4 Å². The third-order valence-electron chi connectivity index (χ3n) is 2.75. The van der Waals surface area contributed by atoms with Gasteiger partial charge in [-0.15, -0.1) is 0 Å². The Bertz CT molecular complexity index is 511. The van der Waals surface area contributed by atoms with Crippen molar-refractivity contribution >= 4 is 5.69 Å². The van der Waals surface area contributed by atoms with Crippen molar-refractivity contribution in [1.29, 1.82) is 0 Å². The Kier molecular flexibility index (Phi) is 3.28. The number of aromatic nitrogens is 1. The van der Waals surface area contributed by atoms with Crippen LogP contribution in [0, 0.1) is 6.92 Å². The van der Waals surface area contributed by atoms with E-state index in [0.29, 0.717) is 5.75 Å². The van der Waals surface area contributed by atoms with Crippen molar-refractivity contribution in [2.75, 3.05) is 5.32 Å². The number of hydrogen-bond donors (Lipinski definition) is 2. The first-order valence-corrected chi connectivity index (χ1v) is 5.64. The van der Waals surface area contributed by atoms with Crippen LogP contribution in [0.5, 0.6) is 5.75 Å². The van der Waals surface area contributed by atoms with Crippen LogP contribution in [0.1, 0.15) is 24.2 Å². The summed E-state index contributed by atoms with van der Waals surface area (Å²) in [6.45, 7) is 4.03. The number of aryl methyl sites for hydroxylation is 1. The first kappa shape index (κ1) is 11.5. The third kappa shape index (κ3) is 2.75. The molecular weight excluding hydrogens is 212 g/mol. The molecule has 0 aliphatic carbocycles. The minimum absolute atomic E-state index is 0.130. The van der Waals surface area contributed by atoms with Gasteiger partial charge in [-0.05, 0) is 43.7 Å². The molecule has 0 radical (unpaired) electrons. The van der Waals surface area contributed by atoms with Gasteiger partial charge in [0.25, 0.3) is 0 Å². The monoisotopic (exact) mass is 228 g/mol. The van der Waals surface area contributed by atoms with Crippen LogP contribution in [0.2, 0.25) is 0 Å². The lowest BCUT2D eigenvalue weighted by Gasteiger charge is -2.17. The predicted octanol–water partition coefficient (Wildman–Crippen LogP) is 3.27. The van der Waals surface area contributed by atoms with Gasteiger partial charge in [0.15, 0.2) is 0 Å². The van der Waals surface area contributed by atoms with Crippen LogP contribution >= 0.6 is 0 Å². The maximum absolute atomic E-state index is 9.44. The molecule has 1 heterocycles. The highest BCUT2D eigenvalue weighted by Gasteiger charge is 2.07. The highest BCUT2D eigenvalue weighted by molar-refractivity contribution is 5.49. The van der Waals surface area contributed by atoms with Crippen LogP contribution in [0.15, 0.2) is 42.6 Å². The number of nitrogens with zero attached hydrogens (tertiary/aromatic N) is 1. The molecule has 1 atom stereocenters. The van der Waals surface area contributed by atoms with Crippen molar-refractivity contribution < 1.29 is 5.11 Å². The normalized spacial score (nSPS) is 12.1. The fourth-order valence-electron chi connectivity index (χ4n) is 1.75. The van der Waals surface area contributed by atoms with Crippen molar-refractivity contribution in [2.24, 2.45) is 0 Å². The van der Waals surface area contributed by atoms with Gasteiger partial charge in [-0.3, -0.25) is 4.98 Å². The number of anilines is 1. The fraction of sp³-hybridized carbons (Fsp3) is 0.214. The Labute approximate surface area is 101 Å². The standard InChI is InChI=1S/C14H16N2O/c1-10(12-5-3-6-13(17)9-12)16-14-7-4-8-15-11(14)2/h3-10,16-17H,1-2H3. The molecule has 88 valence electrons. The van der Waals surface area contributed by atoms with Gasteiger partial charge in [-0.2, -0.15) is 0 Å². The summed E-state index contributed by atoms with van der Waals surface area (Å²) in [4.78, 5) is 4.23. The van der Waals surface area contributed by atoms with Crippen molar-refractivity contribution in [3.8, 4) is 5.75 Å². The first-order valence-electron chi connectivity index (χ1n) is 5.64. The second-order valence-corrected chi connectivity index (χ2v) is 4.10. The van der Waals surface area contributed by atoms with Gasteiger partial charge >= 0.3 is 0 Å². The molecule has 0 spiro atoms. The summed E-state index contributed by atoms with van der Waals surface area (Å²) in [6, 6.07) is 11.3. The van der Waals surface area contributed by atoms with Gasteiger partial charge in [0.05, 0.1) is 11.4 Å². The van der Waals surface area contributed by atoms with Crippen LogP contribution in [-0.4, -0.2) is 10.1 Å². The van der Waals surface area contributed by atoms with Gasteiger partial charge in [-0.25, -0.2) is 0 Å². The Morgan fingerprint density at radius 1 is 1.24 bits per heavy atom. The summed E-state index contributed by atoms with van der Waals surface area (Å²) in [5.74, 6) is 0.291. The van der Waals surface area contributed by atoms with Crippen molar-refractivity contribution in [1.82, 2.24) is 4.98 Å². The molecule has 3 heteroatoms. The van der Waals surface area contributed by atoms with Crippen molar-refractivity contribution in [2.45, 2.75) is 19.9 Å². The van der Waals surface area contributed by atoms with Crippen LogP contribution in [0.25, 0.3) is 0 Å². The molecule has 0 amide bonds. The lowest BCUT2D eigenvalue weighted by Crippen LogP contribution is -2.07. The van der Waals surface area contributed by atoms with Gasteiger partial charge in [0.1, 0.15) is 5.75 Å². The zero-order valence-corrected chi connectivity index (χ0v) is 10.0. The minimum Gasteiger partial charge on any atom is -0.508 e. The van der Waals surface area contributed by atoms with E-state index in [-0.39, 0.29) is 6.04 Å². The fourth-order valence-corrected chi connectivity index (χ4v) is 1.75. The van der Waals surface area contributed by atoms with E-state index < -0.39 is 0 Å². The number of rotatable bonds is 3. The van der Waals surface area contributed by atoms with Gasteiger partial charge in [0, 0.05) is 12.2 Å². The molecule has 1 aromatic heterocycles. The van der Waals surface area contributed by atoms with Crippen molar-refractivity contribution in [3.05, 3.63) is 53.9 Å². The van der Waals surface area contributed by atoms with E-state index in [1.54, 1.807) is 18.3 Å². The molecule has 0 saturated carbocycles. The Morgan fingerprint density at radius 3 is 2.76 bits per heavy atom. The zero-order valence-electron chi connectivity index (χ0n) is 10.0. The SMILES string of the molecule is Cc1ncccc1NC(C)c1cccc(O)c1. The third-order valence-corrected chi connectivity index (χ3v) is 2.75. The molecule has 17 heavy (non-hydrogen) atoms. The average Bonchev–Trinajstić information content (AvgIpc) is 2.32. The summed E-state index contributed by atoms with van der Waals surface area (Å²) in [6.07, 6.45) is 1.78. The molecule has 0 aliphatic rings. The predicted molar refractivity (Wildman–Crippen MR) is 69.1 cm³/mol. The molecule has 2 rings (SSSR count).